The summed E-state index contributed by atoms with van der Waals surface area (Å²) in [6.07, 6.45) is -2.44. The van der Waals surface area contributed by atoms with Crippen molar-refractivity contribution in [3.63, 3.8) is 0 Å². The van der Waals surface area contributed by atoms with Gasteiger partial charge in [-0.3, -0.25) is 4.79 Å². The number of benzene rings is 1. The third-order valence-electron chi connectivity index (χ3n) is 4.25. The fourth-order valence-corrected chi connectivity index (χ4v) is 4.71. The molecule has 0 aromatic heterocycles. The van der Waals surface area contributed by atoms with Gasteiger partial charge in [0.05, 0.1) is 20.9 Å². The molecule has 25 heavy (non-hydrogen) atoms. The number of aliphatic hydroxyl groups is 1. The van der Waals surface area contributed by atoms with Gasteiger partial charge in [0.2, 0.25) is 5.60 Å². The molecule has 1 aromatic carbocycles. The molecule has 0 radical (unpaired) electrons. The van der Waals surface area contributed by atoms with E-state index in [9.17, 15) is 31.5 Å². The van der Waals surface area contributed by atoms with Crippen molar-refractivity contribution in [2.45, 2.75) is 54.5 Å². The fraction of sp³-hybridized carbons (Fsp3) is 0.533. The van der Waals surface area contributed by atoms with Crippen molar-refractivity contribution in [2.75, 3.05) is 5.32 Å². The van der Waals surface area contributed by atoms with E-state index in [1.165, 1.54) is 6.07 Å². The van der Waals surface area contributed by atoms with Gasteiger partial charge in [0.25, 0.3) is 5.91 Å². The molecule has 0 spiro atoms. The van der Waals surface area contributed by atoms with Crippen molar-refractivity contribution >= 4 is 33.0 Å². The average Bonchev–Trinajstić information content (AvgIpc) is 3.02. The Morgan fingerprint density at radius 3 is 2.32 bits per heavy atom. The van der Waals surface area contributed by atoms with Crippen molar-refractivity contribution in [3.05, 3.63) is 23.2 Å². The molecule has 0 bridgehead atoms. The maximum absolute atomic E-state index is 12.7. The Bertz CT molecular complexity index is 771. The Morgan fingerprint density at radius 1 is 1.28 bits per heavy atom. The average molecular weight is 400 g/mol. The zero-order valence-electron chi connectivity index (χ0n) is 13.2. The maximum atomic E-state index is 12.7. The summed E-state index contributed by atoms with van der Waals surface area (Å²) >= 11 is 5.91. The van der Waals surface area contributed by atoms with E-state index in [2.05, 4.69) is 0 Å². The third kappa shape index (κ3) is 3.93. The number of amides is 1. The molecule has 2 N–H and O–H groups in total. The predicted octanol–water partition coefficient (Wildman–Crippen LogP) is 3.31. The zero-order valence-corrected chi connectivity index (χ0v) is 14.8. The van der Waals surface area contributed by atoms with Crippen LogP contribution in [0.3, 0.4) is 0 Å². The summed E-state index contributed by atoms with van der Waals surface area (Å²) in [6.45, 7) is 0.315. The van der Waals surface area contributed by atoms with Gasteiger partial charge in [-0.05, 0) is 38.0 Å². The van der Waals surface area contributed by atoms with Crippen LogP contribution in [0.2, 0.25) is 5.02 Å². The number of alkyl halides is 3. The normalized spacial score (nSPS) is 18.8. The number of sulfone groups is 1. The van der Waals surface area contributed by atoms with Crippen LogP contribution >= 0.6 is 11.6 Å². The maximum Gasteiger partial charge on any atom is 0.426 e. The number of halogens is 4. The van der Waals surface area contributed by atoms with E-state index < -0.39 is 32.8 Å². The molecule has 1 atom stereocenters. The molecule has 1 saturated carbocycles. The summed E-state index contributed by atoms with van der Waals surface area (Å²) in [5.74, 6) is -1.71. The highest BCUT2D eigenvalue weighted by Crippen LogP contribution is 2.34. The number of rotatable bonds is 4. The molecule has 1 amide bonds. The van der Waals surface area contributed by atoms with Crippen LogP contribution in [0.1, 0.15) is 32.6 Å². The molecule has 0 saturated heterocycles. The quantitative estimate of drug-likeness (QED) is 0.813. The van der Waals surface area contributed by atoms with Gasteiger partial charge >= 0.3 is 6.18 Å². The van der Waals surface area contributed by atoms with Gasteiger partial charge in [0.1, 0.15) is 0 Å². The first-order valence-electron chi connectivity index (χ1n) is 7.51. The molecule has 0 heterocycles. The molecule has 0 unspecified atom stereocenters. The predicted molar refractivity (Wildman–Crippen MR) is 86.2 cm³/mol. The number of carbonyl (C=O) groups excluding carboxylic acids is 1. The molecule has 10 heteroatoms. The van der Waals surface area contributed by atoms with Crippen molar-refractivity contribution < 1.29 is 31.5 Å². The summed E-state index contributed by atoms with van der Waals surface area (Å²) in [4.78, 5) is 11.6. The number of anilines is 1. The Hall–Kier alpha value is -1.32. The topological polar surface area (TPSA) is 83.5 Å². The standard InChI is InChI=1S/C15H17ClF3NO4S/c1-14(22,15(17,18)19)13(21)20-12-7-6-10(8-11(12)16)25(23,24)9-4-2-3-5-9/h6-9,22H,2-5H2,1H3,(H,20,21)/t14-/m1/s1. The number of hydrogen-bond donors (Lipinski definition) is 2. The van der Waals surface area contributed by atoms with Crippen LogP contribution in [0.15, 0.2) is 23.1 Å². The van der Waals surface area contributed by atoms with Crippen LogP contribution in [0.4, 0.5) is 18.9 Å². The van der Waals surface area contributed by atoms with Crippen LogP contribution in [-0.2, 0) is 14.6 Å². The molecule has 0 aliphatic heterocycles. The summed E-state index contributed by atoms with van der Waals surface area (Å²) in [7, 11) is -3.58. The Kier molecular flexibility index (Phi) is 5.42. The molecule has 1 aliphatic carbocycles. The number of nitrogens with one attached hydrogen (secondary N) is 1. The molecular weight excluding hydrogens is 383 g/mol. The first-order valence-corrected chi connectivity index (χ1v) is 9.44. The van der Waals surface area contributed by atoms with Gasteiger partial charge in [0, 0.05) is 0 Å². The summed E-state index contributed by atoms with van der Waals surface area (Å²) in [5.41, 5.74) is -3.83. The second-order valence-corrected chi connectivity index (χ2v) is 8.75. The molecule has 1 fully saturated rings. The van der Waals surface area contributed by atoms with Crippen LogP contribution in [0.5, 0.6) is 0 Å². The van der Waals surface area contributed by atoms with E-state index in [0.29, 0.717) is 19.8 Å². The summed E-state index contributed by atoms with van der Waals surface area (Å²) < 4.78 is 62.9. The van der Waals surface area contributed by atoms with Crippen LogP contribution in [-0.4, -0.2) is 36.5 Å². The molecule has 140 valence electrons. The van der Waals surface area contributed by atoms with Crippen molar-refractivity contribution in [2.24, 2.45) is 0 Å². The van der Waals surface area contributed by atoms with Gasteiger partial charge in [-0.15, -0.1) is 0 Å². The van der Waals surface area contributed by atoms with E-state index in [1.807, 2.05) is 5.32 Å². The lowest BCUT2D eigenvalue weighted by molar-refractivity contribution is -0.242. The van der Waals surface area contributed by atoms with Crippen LogP contribution in [0, 0.1) is 0 Å². The third-order valence-corrected chi connectivity index (χ3v) is 6.83. The highest BCUT2D eigenvalue weighted by molar-refractivity contribution is 7.92. The summed E-state index contributed by atoms with van der Waals surface area (Å²) in [6, 6.07) is 3.37. The smallest absolute Gasteiger partial charge is 0.373 e. The Labute approximate surface area is 148 Å². The highest BCUT2D eigenvalue weighted by Gasteiger charge is 2.55. The van der Waals surface area contributed by atoms with E-state index in [-0.39, 0.29) is 15.6 Å². The van der Waals surface area contributed by atoms with Crippen LogP contribution in [0.25, 0.3) is 0 Å². The van der Waals surface area contributed by atoms with Crippen molar-refractivity contribution in [1.82, 2.24) is 0 Å². The minimum absolute atomic E-state index is 0.0509. The van der Waals surface area contributed by atoms with Gasteiger partial charge in [-0.25, -0.2) is 8.42 Å². The van der Waals surface area contributed by atoms with E-state index >= 15 is 0 Å². The van der Waals surface area contributed by atoms with Gasteiger partial charge in [0.15, 0.2) is 9.84 Å². The lowest BCUT2D eigenvalue weighted by Crippen LogP contribution is -2.52. The largest absolute Gasteiger partial charge is 0.426 e. The first-order chi connectivity index (χ1) is 11.4. The highest BCUT2D eigenvalue weighted by atomic mass is 35.5. The van der Waals surface area contributed by atoms with E-state index in [4.69, 9.17) is 11.6 Å². The Balaban J connectivity index is 2.24. The molecule has 1 aromatic rings. The molecular formula is C15H17ClF3NO4S. The monoisotopic (exact) mass is 399 g/mol. The number of hydrogen-bond acceptors (Lipinski definition) is 4. The van der Waals surface area contributed by atoms with Crippen molar-refractivity contribution in [3.8, 4) is 0 Å². The lowest BCUT2D eigenvalue weighted by atomic mass is 10.1. The second kappa shape index (κ2) is 6.77. The molecule has 5 nitrogen and oxygen atoms in total. The number of carbonyl (C=O) groups is 1. The van der Waals surface area contributed by atoms with E-state index in [1.54, 1.807) is 0 Å². The van der Waals surface area contributed by atoms with Crippen LogP contribution < -0.4 is 5.32 Å². The molecule has 1 aliphatic rings. The van der Waals surface area contributed by atoms with E-state index in [0.717, 1.165) is 25.0 Å². The van der Waals surface area contributed by atoms with Crippen molar-refractivity contribution in [1.29, 1.82) is 0 Å². The lowest BCUT2D eigenvalue weighted by Gasteiger charge is -2.25. The minimum atomic E-state index is -5.17. The van der Waals surface area contributed by atoms with Gasteiger partial charge in [-0.1, -0.05) is 24.4 Å². The zero-order chi connectivity index (χ0) is 19.0. The first kappa shape index (κ1) is 20.0. The molecule has 2 rings (SSSR count). The SMILES string of the molecule is C[C@@](O)(C(=O)Nc1ccc(S(=O)(=O)C2CCCC2)cc1Cl)C(F)(F)F. The fourth-order valence-electron chi connectivity index (χ4n) is 2.54. The summed E-state index contributed by atoms with van der Waals surface area (Å²) in [5, 5.41) is 10.5. The minimum Gasteiger partial charge on any atom is -0.373 e. The van der Waals surface area contributed by atoms with Gasteiger partial charge < -0.3 is 10.4 Å². The second-order valence-electron chi connectivity index (χ2n) is 6.12. The van der Waals surface area contributed by atoms with Gasteiger partial charge in [-0.2, -0.15) is 13.2 Å². The Morgan fingerprint density at radius 2 is 1.84 bits per heavy atom.